The van der Waals surface area contributed by atoms with Crippen LogP contribution in [-0.4, -0.2) is 20.5 Å². The fraction of sp³-hybridized carbons (Fsp3) is 0.571. The maximum atomic E-state index is 12.2. The lowest BCUT2D eigenvalue weighted by atomic mass is 9.93. The van der Waals surface area contributed by atoms with Crippen molar-refractivity contribution in [2.75, 3.05) is 6.61 Å². The van der Waals surface area contributed by atoms with Gasteiger partial charge in [0.05, 0.1) is 12.7 Å². The third-order valence-corrected chi connectivity index (χ3v) is 4.67. The van der Waals surface area contributed by atoms with Crippen LogP contribution in [0.3, 0.4) is 0 Å². The van der Waals surface area contributed by atoms with E-state index < -0.39 is 15.6 Å². The third-order valence-electron chi connectivity index (χ3n) is 3.69. The number of ether oxygens (including phenoxy) is 1. The smallest absolute Gasteiger partial charge is 0.376 e. The molecule has 1 aliphatic rings. The summed E-state index contributed by atoms with van der Waals surface area (Å²) in [6.45, 7) is 2.75. The molecule has 0 amide bonds. The van der Waals surface area contributed by atoms with Crippen molar-refractivity contribution >= 4 is 10.1 Å². The molecule has 1 saturated heterocycles. The van der Waals surface area contributed by atoms with Gasteiger partial charge in [-0.1, -0.05) is 25.5 Å². The zero-order valence-electron chi connectivity index (χ0n) is 12.0. The normalized spacial score (nSPS) is 23.3. The molecular weight excluding hydrogens is 321 g/mol. The minimum absolute atomic E-state index is 0.115. The monoisotopic (exact) mass is 338 g/mol. The van der Waals surface area contributed by atoms with Gasteiger partial charge in [0.15, 0.2) is 0 Å². The van der Waals surface area contributed by atoms with Crippen molar-refractivity contribution in [1.29, 1.82) is 0 Å². The molecule has 0 unspecified atom stereocenters. The van der Waals surface area contributed by atoms with E-state index in [1.807, 2.05) is 0 Å². The molecular formula is C14H17F3O4S. The van der Waals surface area contributed by atoms with Gasteiger partial charge >= 0.3 is 15.6 Å². The molecule has 4 nitrogen and oxygen atoms in total. The molecule has 0 bridgehead atoms. The van der Waals surface area contributed by atoms with Crippen molar-refractivity contribution in [2.24, 2.45) is 5.92 Å². The summed E-state index contributed by atoms with van der Waals surface area (Å²) in [5, 5.41) is 0. The first kappa shape index (κ1) is 17.1. The van der Waals surface area contributed by atoms with Gasteiger partial charge in [-0.25, -0.2) is 0 Å². The molecule has 0 saturated carbocycles. The molecule has 1 heterocycles. The Morgan fingerprint density at radius 1 is 1.23 bits per heavy atom. The topological polar surface area (TPSA) is 52.6 Å². The van der Waals surface area contributed by atoms with Crippen molar-refractivity contribution in [2.45, 2.75) is 37.8 Å². The number of alkyl halides is 3. The molecule has 2 rings (SSSR count). The van der Waals surface area contributed by atoms with E-state index >= 15 is 0 Å². The number of rotatable bonds is 4. The zero-order chi connectivity index (χ0) is 16.4. The fourth-order valence-electron chi connectivity index (χ4n) is 2.30. The van der Waals surface area contributed by atoms with Crippen LogP contribution in [0.2, 0.25) is 0 Å². The summed E-state index contributed by atoms with van der Waals surface area (Å²) in [4.78, 5) is 0. The highest BCUT2D eigenvalue weighted by Gasteiger charge is 2.48. The molecule has 124 valence electrons. The highest BCUT2D eigenvalue weighted by molar-refractivity contribution is 7.87. The zero-order valence-corrected chi connectivity index (χ0v) is 12.8. The maximum Gasteiger partial charge on any atom is 0.534 e. The van der Waals surface area contributed by atoms with Gasteiger partial charge in [0.2, 0.25) is 0 Å². The van der Waals surface area contributed by atoms with Gasteiger partial charge in [-0.05, 0) is 36.5 Å². The summed E-state index contributed by atoms with van der Waals surface area (Å²) in [5.74, 6) is 0.166. The van der Waals surface area contributed by atoms with Gasteiger partial charge in [-0.15, -0.1) is 0 Å². The highest BCUT2D eigenvalue weighted by Crippen LogP contribution is 2.33. The van der Waals surface area contributed by atoms with E-state index in [2.05, 4.69) is 11.1 Å². The molecule has 1 aliphatic heterocycles. The molecule has 1 fully saturated rings. The Labute approximate surface area is 127 Å². The second kappa shape index (κ2) is 6.45. The predicted molar refractivity (Wildman–Crippen MR) is 73.8 cm³/mol. The van der Waals surface area contributed by atoms with E-state index in [0.29, 0.717) is 12.5 Å². The Morgan fingerprint density at radius 2 is 1.86 bits per heavy atom. The molecule has 8 heteroatoms. The minimum atomic E-state index is -5.63. The Morgan fingerprint density at radius 3 is 2.32 bits per heavy atom. The van der Waals surface area contributed by atoms with Gasteiger partial charge in [-0.2, -0.15) is 21.6 Å². The van der Waals surface area contributed by atoms with E-state index in [1.54, 1.807) is 0 Å². The number of benzene rings is 1. The largest absolute Gasteiger partial charge is 0.534 e. The molecule has 0 spiro atoms. The summed E-state index contributed by atoms with van der Waals surface area (Å²) in [5.41, 5.74) is -4.64. The van der Waals surface area contributed by atoms with Crippen molar-refractivity contribution in [3.63, 3.8) is 0 Å². The van der Waals surface area contributed by atoms with Crippen molar-refractivity contribution in [3.05, 3.63) is 29.8 Å². The van der Waals surface area contributed by atoms with Crippen LogP contribution in [0.15, 0.2) is 24.3 Å². The third kappa shape index (κ3) is 3.92. The first-order chi connectivity index (χ1) is 10.2. The van der Waals surface area contributed by atoms with Crippen LogP contribution in [0, 0.1) is 5.92 Å². The van der Waals surface area contributed by atoms with E-state index in [-0.39, 0.29) is 11.9 Å². The van der Waals surface area contributed by atoms with E-state index in [4.69, 9.17) is 4.74 Å². The van der Waals surface area contributed by atoms with E-state index in [0.717, 1.165) is 24.8 Å². The second-order valence-electron chi connectivity index (χ2n) is 5.23. The summed E-state index contributed by atoms with van der Waals surface area (Å²) >= 11 is 0. The summed E-state index contributed by atoms with van der Waals surface area (Å²) < 4.78 is 68.3. The molecule has 0 aromatic heterocycles. The number of hydrogen-bond acceptors (Lipinski definition) is 4. The number of halogens is 3. The van der Waals surface area contributed by atoms with Gasteiger partial charge in [0.25, 0.3) is 0 Å². The average molecular weight is 338 g/mol. The van der Waals surface area contributed by atoms with Crippen LogP contribution in [0.1, 0.15) is 37.9 Å². The van der Waals surface area contributed by atoms with Crippen molar-refractivity contribution < 1.29 is 30.5 Å². The summed E-state index contributed by atoms with van der Waals surface area (Å²) in [7, 11) is -5.63. The van der Waals surface area contributed by atoms with Crippen LogP contribution >= 0.6 is 0 Å². The van der Waals surface area contributed by atoms with Gasteiger partial charge in [0.1, 0.15) is 5.75 Å². The van der Waals surface area contributed by atoms with E-state index in [9.17, 15) is 21.6 Å². The van der Waals surface area contributed by atoms with Crippen LogP contribution in [0.4, 0.5) is 13.2 Å². The molecule has 22 heavy (non-hydrogen) atoms. The molecule has 0 N–H and O–H groups in total. The Hall–Kier alpha value is -1.28. The molecule has 0 radical (unpaired) electrons. The summed E-state index contributed by atoms with van der Waals surface area (Å²) in [6.07, 6.45) is 2.80. The first-order valence-electron chi connectivity index (χ1n) is 6.95. The minimum Gasteiger partial charge on any atom is -0.376 e. The maximum absolute atomic E-state index is 12.2. The second-order valence-corrected chi connectivity index (χ2v) is 6.76. The quantitative estimate of drug-likeness (QED) is 0.619. The van der Waals surface area contributed by atoms with E-state index in [1.165, 1.54) is 24.3 Å². The molecule has 1 aromatic rings. The summed E-state index contributed by atoms with van der Waals surface area (Å²) in [6, 6.07) is 5.46. The molecule has 2 atom stereocenters. The first-order valence-corrected chi connectivity index (χ1v) is 8.36. The van der Waals surface area contributed by atoms with Crippen LogP contribution < -0.4 is 4.18 Å². The Balaban J connectivity index is 2.02. The average Bonchev–Trinajstić information content (AvgIpc) is 2.47. The van der Waals surface area contributed by atoms with Crippen LogP contribution in [0.25, 0.3) is 0 Å². The predicted octanol–water partition coefficient (Wildman–Crippen LogP) is 3.79. The van der Waals surface area contributed by atoms with Crippen molar-refractivity contribution in [3.8, 4) is 5.75 Å². The Bertz CT molecular complexity index is 588. The Kier molecular flexibility index (Phi) is 5.01. The van der Waals surface area contributed by atoms with Gasteiger partial charge < -0.3 is 8.92 Å². The van der Waals surface area contributed by atoms with Gasteiger partial charge in [-0.3, -0.25) is 0 Å². The van der Waals surface area contributed by atoms with Crippen LogP contribution in [-0.2, 0) is 14.9 Å². The van der Waals surface area contributed by atoms with Crippen LogP contribution in [0.5, 0.6) is 5.75 Å². The SMILES string of the molecule is CC[C@H]1CC[C@H](c2ccc(OS(=O)(=O)C(F)(F)F)cc2)OC1. The molecule has 1 aromatic carbocycles. The lowest BCUT2D eigenvalue weighted by Crippen LogP contribution is -2.28. The lowest BCUT2D eigenvalue weighted by molar-refractivity contribution is -0.0500. The van der Waals surface area contributed by atoms with Gasteiger partial charge in [0, 0.05) is 0 Å². The van der Waals surface area contributed by atoms with Crippen molar-refractivity contribution in [1.82, 2.24) is 0 Å². The number of hydrogen-bond donors (Lipinski definition) is 0. The molecule has 0 aliphatic carbocycles. The lowest BCUT2D eigenvalue weighted by Gasteiger charge is -2.28. The fourth-order valence-corrected chi connectivity index (χ4v) is 2.76. The standard InChI is InChI=1S/C14H17F3O4S/c1-2-10-3-8-13(20-9-10)11-4-6-12(7-5-11)21-22(18,19)14(15,16)17/h4-7,10,13H,2-3,8-9H2,1H3/t10-,13+/m0/s1. The highest BCUT2D eigenvalue weighted by atomic mass is 32.2.